The van der Waals surface area contributed by atoms with Crippen LogP contribution in [0.4, 0.5) is 0 Å². The van der Waals surface area contributed by atoms with Crippen molar-refractivity contribution in [1.29, 1.82) is 0 Å². The van der Waals surface area contributed by atoms with Gasteiger partial charge in [-0.1, -0.05) is 39.8 Å². The van der Waals surface area contributed by atoms with Crippen molar-refractivity contribution in [3.05, 3.63) is 12.2 Å². The van der Waals surface area contributed by atoms with E-state index >= 15 is 0 Å². The molecule has 0 spiro atoms. The van der Waals surface area contributed by atoms with Gasteiger partial charge in [0.25, 0.3) is 0 Å². The Hall–Kier alpha value is -1.40. The Balaban J connectivity index is 1.49. The van der Waals surface area contributed by atoms with Crippen molar-refractivity contribution in [3.8, 4) is 0 Å². The molecule has 0 amide bonds. The summed E-state index contributed by atoms with van der Waals surface area (Å²) in [6.07, 6.45) is 9.21. The predicted octanol–water partition coefficient (Wildman–Crippen LogP) is 5.96. The third kappa shape index (κ3) is 3.86. The molecule has 5 saturated carbocycles. The number of aliphatic carboxylic acids is 1. The van der Waals surface area contributed by atoms with E-state index in [9.17, 15) is 19.8 Å². The van der Waals surface area contributed by atoms with Crippen LogP contribution >= 0.6 is 0 Å². The monoisotopic (exact) mass is 543 g/mol. The van der Waals surface area contributed by atoms with E-state index in [1.807, 2.05) is 0 Å². The molecule has 5 fully saturated rings. The van der Waals surface area contributed by atoms with Crippen LogP contribution in [0.5, 0.6) is 0 Å². The smallest absolute Gasteiger partial charge is 0.309 e. The number of carboxylic acids is 1. The molecule has 0 aromatic heterocycles. The zero-order valence-electron chi connectivity index (χ0n) is 25.1. The number of fused-ring (bicyclic) bond motifs is 7. The first kappa shape index (κ1) is 29.1. The Morgan fingerprint density at radius 3 is 2.28 bits per heavy atom. The molecular formula is C33H53NO5. The summed E-state index contributed by atoms with van der Waals surface area (Å²) in [6, 6.07) is 0. The number of rotatable bonds is 6. The topological polar surface area (TPSA) is 110 Å². The lowest BCUT2D eigenvalue weighted by atomic mass is 9.32. The van der Waals surface area contributed by atoms with E-state index in [4.69, 9.17) is 10.5 Å². The molecule has 0 radical (unpaired) electrons. The molecule has 220 valence electrons. The number of carbonyl (C=O) groups excluding carboxylic acids is 1. The summed E-state index contributed by atoms with van der Waals surface area (Å²) in [5, 5.41) is 21.9. The van der Waals surface area contributed by atoms with Crippen molar-refractivity contribution >= 4 is 11.9 Å². The fourth-order valence-corrected chi connectivity index (χ4v) is 11.9. The second-order valence-corrected chi connectivity index (χ2v) is 15.4. The summed E-state index contributed by atoms with van der Waals surface area (Å²) in [5.41, 5.74) is 5.89. The first-order valence-corrected chi connectivity index (χ1v) is 15.6. The van der Waals surface area contributed by atoms with Gasteiger partial charge in [0.1, 0.15) is 0 Å². The summed E-state index contributed by atoms with van der Waals surface area (Å²) in [5.74, 6) is 0.782. The van der Waals surface area contributed by atoms with Crippen molar-refractivity contribution < 1.29 is 24.5 Å². The molecule has 0 bridgehead atoms. The van der Waals surface area contributed by atoms with Gasteiger partial charge in [0, 0.05) is 12.0 Å². The van der Waals surface area contributed by atoms with Crippen LogP contribution in [0.2, 0.25) is 0 Å². The summed E-state index contributed by atoms with van der Waals surface area (Å²) in [6.45, 7) is 16.6. The van der Waals surface area contributed by atoms with Crippen LogP contribution in [0.15, 0.2) is 12.2 Å². The van der Waals surface area contributed by atoms with Crippen LogP contribution in [0.1, 0.15) is 105 Å². The minimum atomic E-state index is -0.598. The molecule has 0 saturated heterocycles. The lowest BCUT2D eigenvalue weighted by molar-refractivity contribution is -0.255. The Bertz CT molecular complexity index is 1030. The van der Waals surface area contributed by atoms with Gasteiger partial charge in [0.15, 0.2) is 0 Å². The van der Waals surface area contributed by atoms with Crippen LogP contribution in [0.25, 0.3) is 0 Å². The van der Waals surface area contributed by atoms with E-state index in [1.54, 1.807) is 0 Å². The molecule has 0 aromatic carbocycles. The van der Waals surface area contributed by atoms with E-state index in [0.29, 0.717) is 17.8 Å². The van der Waals surface area contributed by atoms with Crippen molar-refractivity contribution in [1.82, 2.24) is 0 Å². The van der Waals surface area contributed by atoms with Crippen LogP contribution in [-0.4, -0.2) is 41.4 Å². The standard InChI is InChI=1S/C33H53NO5/c1-20(2)21-9-15-33(28(37)38)17-16-31(5)22(27(21)33)7-8-24-29(3)13-11-25(35)30(4,19-39-26(36)12-18-34)23(29)10-14-32(24,31)6/h21-25,27,35H,1,7-19,34H2,2-6H3,(H,37,38)/t21-,22+,23+,24+,25-,27+,29-,30-,31+,32+,33-/m0/s1. The third-order valence-electron chi connectivity index (χ3n) is 14.2. The zero-order valence-corrected chi connectivity index (χ0v) is 25.1. The molecule has 0 heterocycles. The van der Waals surface area contributed by atoms with E-state index in [1.165, 1.54) is 0 Å². The maximum absolute atomic E-state index is 12.9. The van der Waals surface area contributed by atoms with Crippen LogP contribution in [-0.2, 0) is 14.3 Å². The largest absolute Gasteiger partial charge is 0.481 e. The summed E-state index contributed by atoms with van der Waals surface area (Å²) in [7, 11) is 0. The molecule has 6 heteroatoms. The van der Waals surface area contributed by atoms with E-state index in [2.05, 4.69) is 41.2 Å². The highest BCUT2D eigenvalue weighted by molar-refractivity contribution is 5.76. The number of allylic oxidation sites excluding steroid dienone is 1. The molecule has 6 nitrogen and oxygen atoms in total. The molecule has 0 unspecified atom stereocenters. The van der Waals surface area contributed by atoms with Gasteiger partial charge in [-0.25, -0.2) is 0 Å². The number of carbonyl (C=O) groups is 2. The molecule has 0 aromatic rings. The predicted molar refractivity (Wildman–Crippen MR) is 152 cm³/mol. The van der Waals surface area contributed by atoms with Crippen LogP contribution in [0, 0.1) is 56.7 Å². The fraction of sp³-hybridized carbons (Fsp3) is 0.879. The van der Waals surface area contributed by atoms with Crippen LogP contribution < -0.4 is 5.73 Å². The second-order valence-electron chi connectivity index (χ2n) is 15.4. The zero-order chi connectivity index (χ0) is 28.6. The number of aliphatic hydroxyl groups is 1. The highest BCUT2D eigenvalue weighted by Crippen LogP contribution is 2.77. The summed E-state index contributed by atoms with van der Waals surface area (Å²) < 4.78 is 5.73. The van der Waals surface area contributed by atoms with Gasteiger partial charge in [-0.05, 0) is 117 Å². The van der Waals surface area contributed by atoms with E-state index in [-0.39, 0.29) is 53.6 Å². The molecule has 11 atom stereocenters. The van der Waals surface area contributed by atoms with Crippen molar-refractivity contribution in [2.24, 2.45) is 62.4 Å². The number of carboxylic acid groups (broad SMARTS) is 1. The highest BCUT2D eigenvalue weighted by Gasteiger charge is 2.72. The van der Waals surface area contributed by atoms with Gasteiger partial charge in [-0.3, -0.25) is 9.59 Å². The van der Waals surface area contributed by atoms with Gasteiger partial charge >= 0.3 is 11.9 Å². The number of ether oxygens (including phenoxy) is 1. The second kappa shape index (κ2) is 9.58. The van der Waals surface area contributed by atoms with Crippen LogP contribution in [0.3, 0.4) is 0 Å². The first-order valence-electron chi connectivity index (χ1n) is 15.6. The first-order chi connectivity index (χ1) is 18.2. The Morgan fingerprint density at radius 1 is 0.923 bits per heavy atom. The molecule has 0 aliphatic heterocycles. The summed E-state index contributed by atoms with van der Waals surface area (Å²) >= 11 is 0. The van der Waals surface area contributed by atoms with Gasteiger partial charge < -0.3 is 20.7 Å². The molecule has 39 heavy (non-hydrogen) atoms. The third-order valence-corrected chi connectivity index (χ3v) is 14.2. The maximum Gasteiger partial charge on any atom is 0.309 e. The SMILES string of the molecule is C=C(C)[C@@H]1CC[C@]2(C(=O)O)CC[C@]3(C)[C@H](CC[C@@H]4[C@@]5(C)CC[C@H](O)[C@@](C)(COC(=O)CCN)[C@@H]5CC[C@]43C)[C@@H]12. The molecular weight excluding hydrogens is 490 g/mol. The minimum Gasteiger partial charge on any atom is -0.481 e. The lowest BCUT2D eigenvalue weighted by Crippen LogP contribution is -2.67. The number of esters is 1. The van der Waals surface area contributed by atoms with Crippen molar-refractivity contribution in [3.63, 3.8) is 0 Å². The lowest BCUT2D eigenvalue weighted by Gasteiger charge is -2.72. The Labute approximate surface area is 235 Å². The van der Waals surface area contributed by atoms with E-state index in [0.717, 1.165) is 69.8 Å². The maximum atomic E-state index is 12.9. The van der Waals surface area contributed by atoms with Crippen molar-refractivity contribution in [2.75, 3.05) is 13.2 Å². The van der Waals surface area contributed by atoms with Crippen molar-refractivity contribution in [2.45, 2.75) is 111 Å². The Kier molecular flexibility index (Phi) is 7.15. The van der Waals surface area contributed by atoms with Gasteiger partial charge in [0.05, 0.1) is 24.5 Å². The number of nitrogens with two attached hydrogens (primary N) is 1. The van der Waals surface area contributed by atoms with E-state index < -0.39 is 22.9 Å². The molecule has 5 rings (SSSR count). The Morgan fingerprint density at radius 2 is 1.64 bits per heavy atom. The van der Waals surface area contributed by atoms with Gasteiger partial charge in [0.2, 0.25) is 0 Å². The molecule has 5 aliphatic carbocycles. The number of aliphatic hydroxyl groups excluding tert-OH is 1. The quantitative estimate of drug-likeness (QED) is 0.282. The summed E-state index contributed by atoms with van der Waals surface area (Å²) in [4.78, 5) is 25.1. The average Bonchev–Trinajstić information content (AvgIpc) is 3.28. The number of hydrogen-bond acceptors (Lipinski definition) is 5. The fourth-order valence-electron chi connectivity index (χ4n) is 11.9. The van der Waals surface area contributed by atoms with Gasteiger partial charge in [-0.2, -0.15) is 0 Å². The molecule has 5 aliphatic rings. The minimum absolute atomic E-state index is 0.0417. The molecule has 4 N–H and O–H groups in total. The van der Waals surface area contributed by atoms with Gasteiger partial charge in [-0.15, -0.1) is 0 Å². The highest BCUT2D eigenvalue weighted by atomic mass is 16.5. The number of hydrogen-bond donors (Lipinski definition) is 3. The normalized spacial score (nSPS) is 50.6. The average molecular weight is 544 g/mol.